The van der Waals surface area contributed by atoms with E-state index >= 15 is 0 Å². The highest BCUT2D eigenvalue weighted by molar-refractivity contribution is 9.10. The number of carbonyl (C=O) groups is 1. The SMILES string of the molecule is CCN(C(=O)c1cc(Br)ccc1C)C(C)C. The molecule has 3 heteroatoms. The average Bonchev–Trinajstić information content (AvgIpc) is 2.22. The molecule has 0 aliphatic rings. The Labute approximate surface area is 106 Å². The summed E-state index contributed by atoms with van der Waals surface area (Å²) < 4.78 is 0.946. The summed E-state index contributed by atoms with van der Waals surface area (Å²) in [7, 11) is 0. The minimum atomic E-state index is 0.108. The van der Waals surface area contributed by atoms with Crippen molar-refractivity contribution in [1.82, 2.24) is 4.90 Å². The first kappa shape index (κ1) is 13.2. The van der Waals surface area contributed by atoms with Gasteiger partial charge >= 0.3 is 0 Å². The van der Waals surface area contributed by atoms with Crippen LogP contribution in [-0.2, 0) is 0 Å². The predicted octanol–water partition coefficient (Wildman–Crippen LogP) is 3.63. The number of halogens is 1. The lowest BCUT2D eigenvalue weighted by Gasteiger charge is -2.26. The first-order valence-corrected chi connectivity index (χ1v) is 6.33. The average molecular weight is 284 g/mol. The van der Waals surface area contributed by atoms with Gasteiger partial charge in [0, 0.05) is 22.6 Å². The second-order valence-electron chi connectivity index (χ2n) is 4.14. The van der Waals surface area contributed by atoms with Gasteiger partial charge in [0.2, 0.25) is 0 Å². The van der Waals surface area contributed by atoms with Crippen LogP contribution in [0.15, 0.2) is 22.7 Å². The molecule has 1 amide bonds. The Morgan fingerprint density at radius 3 is 2.56 bits per heavy atom. The van der Waals surface area contributed by atoms with Crippen molar-refractivity contribution in [3.05, 3.63) is 33.8 Å². The smallest absolute Gasteiger partial charge is 0.254 e. The van der Waals surface area contributed by atoms with Gasteiger partial charge in [0.15, 0.2) is 0 Å². The third-order valence-electron chi connectivity index (χ3n) is 2.65. The van der Waals surface area contributed by atoms with Crippen molar-refractivity contribution < 1.29 is 4.79 Å². The molecular formula is C13H18BrNO. The zero-order valence-electron chi connectivity index (χ0n) is 10.2. The Balaban J connectivity index is 3.08. The third kappa shape index (κ3) is 2.85. The number of hydrogen-bond acceptors (Lipinski definition) is 1. The lowest BCUT2D eigenvalue weighted by molar-refractivity contribution is 0.0716. The van der Waals surface area contributed by atoms with E-state index in [1.807, 2.05) is 50.8 Å². The summed E-state index contributed by atoms with van der Waals surface area (Å²) in [6.45, 7) is 8.78. The molecule has 0 atom stereocenters. The molecule has 0 heterocycles. The van der Waals surface area contributed by atoms with Crippen LogP contribution in [0.1, 0.15) is 36.7 Å². The lowest BCUT2D eigenvalue weighted by Crippen LogP contribution is -2.37. The highest BCUT2D eigenvalue weighted by Gasteiger charge is 2.18. The third-order valence-corrected chi connectivity index (χ3v) is 3.15. The molecule has 1 rings (SSSR count). The molecule has 0 unspecified atom stereocenters. The highest BCUT2D eigenvalue weighted by Crippen LogP contribution is 2.18. The maximum absolute atomic E-state index is 12.3. The fourth-order valence-corrected chi connectivity index (χ4v) is 2.08. The van der Waals surface area contributed by atoms with Crippen molar-refractivity contribution in [1.29, 1.82) is 0 Å². The summed E-state index contributed by atoms with van der Waals surface area (Å²) in [4.78, 5) is 14.2. The van der Waals surface area contributed by atoms with Gasteiger partial charge in [0.25, 0.3) is 5.91 Å². The molecule has 0 radical (unpaired) electrons. The van der Waals surface area contributed by atoms with Gasteiger partial charge in [-0.3, -0.25) is 4.79 Å². The molecule has 0 saturated carbocycles. The molecule has 0 saturated heterocycles. The topological polar surface area (TPSA) is 20.3 Å². The number of aryl methyl sites for hydroxylation is 1. The molecule has 88 valence electrons. The molecule has 0 aromatic heterocycles. The van der Waals surface area contributed by atoms with Gasteiger partial charge < -0.3 is 4.90 Å². The van der Waals surface area contributed by atoms with Gasteiger partial charge in [-0.15, -0.1) is 0 Å². The number of hydrogen-bond donors (Lipinski definition) is 0. The number of benzene rings is 1. The monoisotopic (exact) mass is 283 g/mol. The Bertz CT molecular complexity index is 388. The molecule has 0 fully saturated rings. The van der Waals surface area contributed by atoms with E-state index in [2.05, 4.69) is 15.9 Å². The molecule has 16 heavy (non-hydrogen) atoms. The molecule has 2 nitrogen and oxygen atoms in total. The van der Waals surface area contributed by atoms with Crippen LogP contribution in [0.5, 0.6) is 0 Å². The summed E-state index contributed by atoms with van der Waals surface area (Å²) in [5.74, 6) is 0.108. The summed E-state index contributed by atoms with van der Waals surface area (Å²) in [5.41, 5.74) is 1.80. The summed E-state index contributed by atoms with van der Waals surface area (Å²) in [6.07, 6.45) is 0. The lowest BCUT2D eigenvalue weighted by atomic mass is 10.1. The van der Waals surface area contributed by atoms with E-state index in [4.69, 9.17) is 0 Å². The molecule has 0 N–H and O–H groups in total. The molecule has 0 spiro atoms. The van der Waals surface area contributed by atoms with E-state index < -0.39 is 0 Å². The van der Waals surface area contributed by atoms with Gasteiger partial charge in [-0.1, -0.05) is 22.0 Å². The normalized spacial score (nSPS) is 10.6. The predicted molar refractivity (Wildman–Crippen MR) is 70.7 cm³/mol. The molecule has 1 aromatic carbocycles. The van der Waals surface area contributed by atoms with E-state index in [9.17, 15) is 4.79 Å². The van der Waals surface area contributed by atoms with E-state index in [0.717, 1.165) is 22.1 Å². The van der Waals surface area contributed by atoms with Gasteiger partial charge in [0.05, 0.1) is 0 Å². The van der Waals surface area contributed by atoms with Gasteiger partial charge in [-0.25, -0.2) is 0 Å². The van der Waals surface area contributed by atoms with Gasteiger partial charge in [-0.05, 0) is 45.4 Å². The minimum Gasteiger partial charge on any atom is -0.336 e. The maximum Gasteiger partial charge on any atom is 0.254 e. The van der Waals surface area contributed by atoms with E-state index in [1.54, 1.807) is 0 Å². The number of carbonyl (C=O) groups excluding carboxylic acids is 1. The Morgan fingerprint density at radius 1 is 1.44 bits per heavy atom. The largest absolute Gasteiger partial charge is 0.336 e. The number of rotatable bonds is 3. The quantitative estimate of drug-likeness (QED) is 0.830. The standard InChI is InChI=1S/C13H18BrNO/c1-5-15(9(2)3)13(16)12-8-11(14)7-6-10(12)4/h6-9H,5H2,1-4H3. The fraction of sp³-hybridized carbons (Fsp3) is 0.462. The fourth-order valence-electron chi connectivity index (χ4n) is 1.72. The summed E-state index contributed by atoms with van der Waals surface area (Å²) in [6, 6.07) is 6.04. The molecule has 0 bridgehead atoms. The first-order chi connectivity index (χ1) is 7.47. The van der Waals surface area contributed by atoms with E-state index in [1.165, 1.54) is 0 Å². The Kier molecular flexibility index (Phi) is 4.54. The van der Waals surface area contributed by atoms with Crippen molar-refractivity contribution in [3.8, 4) is 0 Å². The molecule has 0 aliphatic heterocycles. The van der Waals surface area contributed by atoms with Crippen LogP contribution in [0, 0.1) is 6.92 Å². The second kappa shape index (κ2) is 5.48. The van der Waals surface area contributed by atoms with Crippen molar-refractivity contribution in [3.63, 3.8) is 0 Å². The zero-order valence-corrected chi connectivity index (χ0v) is 11.8. The van der Waals surface area contributed by atoms with E-state index in [0.29, 0.717) is 0 Å². The van der Waals surface area contributed by atoms with Crippen LogP contribution in [0.4, 0.5) is 0 Å². The van der Waals surface area contributed by atoms with Crippen LogP contribution in [0.2, 0.25) is 0 Å². The molecular weight excluding hydrogens is 266 g/mol. The van der Waals surface area contributed by atoms with Crippen molar-refractivity contribution in [2.45, 2.75) is 33.7 Å². The van der Waals surface area contributed by atoms with E-state index in [-0.39, 0.29) is 11.9 Å². The Morgan fingerprint density at radius 2 is 2.06 bits per heavy atom. The summed E-state index contributed by atoms with van der Waals surface area (Å²) >= 11 is 3.40. The first-order valence-electron chi connectivity index (χ1n) is 5.54. The highest BCUT2D eigenvalue weighted by atomic mass is 79.9. The van der Waals surface area contributed by atoms with Crippen LogP contribution in [-0.4, -0.2) is 23.4 Å². The number of amides is 1. The van der Waals surface area contributed by atoms with Crippen LogP contribution < -0.4 is 0 Å². The van der Waals surface area contributed by atoms with Gasteiger partial charge in [0.1, 0.15) is 0 Å². The maximum atomic E-state index is 12.3. The van der Waals surface area contributed by atoms with Gasteiger partial charge in [-0.2, -0.15) is 0 Å². The van der Waals surface area contributed by atoms with Crippen molar-refractivity contribution >= 4 is 21.8 Å². The van der Waals surface area contributed by atoms with Crippen LogP contribution >= 0.6 is 15.9 Å². The van der Waals surface area contributed by atoms with Crippen molar-refractivity contribution in [2.75, 3.05) is 6.54 Å². The molecule has 0 aliphatic carbocycles. The Hall–Kier alpha value is -0.830. The van der Waals surface area contributed by atoms with Crippen LogP contribution in [0.3, 0.4) is 0 Å². The second-order valence-corrected chi connectivity index (χ2v) is 5.06. The minimum absolute atomic E-state index is 0.108. The zero-order chi connectivity index (χ0) is 12.3. The van der Waals surface area contributed by atoms with Crippen LogP contribution in [0.25, 0.3) is 0 Å². The summed E-state index contributed by atoms with van der Waals surface area (Å²) in [5, 5.41) is 0. The molecule has 1 aromatic rings. The van der Waals surface area contributed by atoms with Crippen molar-refractivity contribution in [2.24, 2.45) is 0 Å². The number of nitrogens with zero attached hydrogens (tertiary/aromatic N) is 1.